The van der Waals surface area contributed by atoms with Gasteiger partial charge in [-0.25, -0.2) is 0 Å². The number of carbonyl (C=O) groups is 2. The Labute approximate surface area is 220 Å². The van der Waals surface area contributed by atoms with Crippen LogP contribution < -0.4 is 0 Å². The Balaban J connectivity index is 6.45. The van der Waals surface area contributed by atoms with E-state index in [-0.39, 0.29) is 5.97 Å². The molecule has 0 spiro atoms. The van der Waals surface area contributed by atoms with Crippen molar-refractivity contribution < 1.29 is 19.1 Å². The van der Waals surface area contributed by atoms with E-state index in [1.165, 1.54) is 12.8 Å². The number of unbranched alkanes of at least 4 members (excludes halogenated alkanes) is 7. The molecule has 0 aliphatic rings. The molecule has 4 nitrogen and oxygen atoms in total. The summed E-state index contributed by atoms with van der Waals surface area (Å²) in [5.41, 5.74) is 0.339. The third kappa shape index (κ3) is 14.2. The van der Waals surface area contributed by atoms with E-state index in [4.69, 9.17) is 9.47 Å². The van der Waals surface area contributed by atoms with Crippen LogP contribution in [0.3, 0.4) is 0 Å². The second kappa shape index (κ2) is 22.0. The molecule has 0 radical (unpaired) electrons. The molecule has 200 valence electrons. The molecule has 0 atom stereocenters. The first-order chi connectivity index (χ1) is 17.0. The van der Waals surface area contributed by atoms with Gasteiger partial charge in [0.05, 0.1) is 0 Å². The summed E-state index contributed by atoms with van der Waals surface area (Å²) in [6.45, 7) is 13.2. The number of carbonyl (C=O) groups excluding carboxylic acids is 2. The van der Waals surface area contributed by atoms with Crippen LogP contribution in [-0.2, 0) is 19.1 Å². The first kappa shape index (κ1) is 33.8. The van der Waals surface area contributed by atoms with Crippen LogP contribution in [-0.4, -0.2) is 43.5 Å². The summed E-state index contributed by atoms with van der Waals surface area (Å²) in [6.07, 6.45) is 15.8. The van der Waals surface area contributed by atoms with Gasteiger partial charge in [-0.05, 0) is 0 Å². The number of hydrogen-bond acceptors (Lipinski definition) is 4. The number of hydrogen-bond donors (Lipinski definition) is 0. The fourth-order valence-electron chi connectivity index (χ4n) is 4.33. The first-order valence-electron chi connectivity index (χ1n) is 14.2. The van der Waals surface area contributed by atoms with E-state index >= 15 is 0 Å². The van der Waals surface area contributed by atoms with E-state index in [9.17, 15) is 9.59 Å². The Morgan fingerprint density at radius 2 is 1.17 bits per heavy atom. The van der Waals surface area contributed by atoms with Gasteiger partial charge in [0.1, 0.15) is 0 Å². The van der Waals surface area contributed by atoms with Crippen molar-refractivity contribution in [3.63, 3.8) is 0 Å². The Kier molecular flexibility index (Phi) is 21.2. The van der Waals surface area contributed by atoms with Crippen LogP contribution >= 0.6 is 0 Å². The van der Waals surface area contributed by atoms with Crippen molar-refractivity contribution >= 4 is 30.3 Å². The second-order valence-corrected chi connectivity index (χ2v) is 22.4. The number of allylic oxidation sites excluding steroid dienone is 2. The summed E-state index contributed by atoms with van der Waals surface area (Å²) < 4.78 is 15.2. The van der Waals surface area contributed by atoms with Gasteiger partial charge in [-0.2, -0.15) is 0 Å². The third-order valence-corrected chi connectivity index (χ3v) is 21.9. The molecule has 0 saturated heterocycles. The standard InChI is InChI=1S/C18H25O4.3C4H9.Sn/c1-4-7-8-9-10-11-13-16(18(20)22-6-3)14-12-15-17(19)21-5-2;3*1-3-4-2;/h12,14H,4-10H2,1-3H3;3*1,3-4H2,2H3;/b15-12?,16-14+;;;;. The molecule has 0 aliphatic heterocycles. The maximum absolute atomic E-state index is 13.3. The molecule has 5 heteroatoms. The van der Waals surface area contributed by atoms with Crippen LogP contribution in [0.15, 0.2) is 21.3 Å². The van der Waals surface area contributed by atoms with Crippen molar-refractivity contribution in [2.24, 2.45) is 0 Å². The average molecular weight is 595 g/mol. The van der Waals surface area contributed by atoms with Gasteiger partial charge in [-0.3, -0.25) is 0 Å². The van der Waals surface area contributed by atoms with E-state index in [2.05, 4.69) is 39.5 Å². The van der Waals surface area contributed by atoms with Crippen LogP contribution in [0.4, 0.5) is 0 Å². The molecule has 0 unspecified atom stereocenters. The average Bonchev–Trinajstić information content (AvgIpc) is 2.85. The van der Waals surface area contributed by atoms with Gasteiger partial charge in [0, 0.05) is 0 Å². The van der Waals surface area contributed by atoms with Gasteiger partial charge >= 0.3 is 221 Å². The van der Waals surface area contributed by atoms with Gasteiger partial charge in [-0.1, -0.05) is 0 Å². The monoisotopic (exact) mass is 596 g/mol. The Morgan fingerprint density at radius 1 is 0.657 bits per heavy atom. The molecule has 0 bridgehead atoms. The van der Waals surface area contributed by atoms with Gasteiger partial charge in [-0.15, -0.1) is 0 Å². The second-order valence-electron chi connectivity index (χ2n) is 9.31. The van der Waals surface area contributed by atoms with Gasteiger partial charge in [0.15, 0.2) is 0 Å². The summed E-state index contributed by atoms with van der Waals surface area (Å²) in [5.74, 6) is 5.61. The van der Waals surface area contributed by atoms with E-state index in [0.29, 0.717) is 18.8 Å². The normalized spacial score (nSPS) is 12.2. The topological polar surface area (TPSA) is 52.6 Å². The Bertz CT molecular complexity index is 690. The van der Waals surface area contributed by atoms with Crippen molar-refractivity contribution in [1.82, 2.24) is 0 Å². The Morgan fingerprint density at radius 3 is 1.66 bits per heavy atom. The molecular formula is C30H52O4Sn. The zero-order chi connectivity index (χ0) is 26.4. The minimum atomic E-state index is -3.08. The van der Waals surface area contributed by atoms with Crippen molar-refractivity contribution in [1.29, 1.82) is 0 Å². The van der Waals surface area contributed by atoms with Crippen LogP contribution in [0, 0.1) is 11.8 Å². The summed E-state index contributed by atoms with van der Waals surface area (Å²) >= 11 is -3.08. The molecule has 0 rings (SSSR count). The molecular weight excluding hydrogens is 543 g/mol. The summed E-state index contributed by atoms with van der Waals surface area (Å²) in [5, 5.41) is 0. The molecule has 0 aromatic heterocycles. The molecule has 0 heterocycles. The summed E-state index contributed by atoms with van der Waals surface area (Å²) in [6, 6.07) is 0. The van der Waals surface area contributed by atoms with Crippen molar-refractivity contribution in [3.8, 4) is 11.8 Å². The molecule has 0 amide bonds. The van der Waals surface area contributed by atoms with E-state index in [1.54, 1.807) is 13.0 Å². The van der Waals surface area contributed by atoms with Crippen molar-refractivity contribution in [3.05, 3.63) is 21.3 Å². The molecule has 0 fully saturated rings. The SMILES string of the molecule is CCCCCCC#C/C(=C\C=[C](\C(=O)OCC)[Sn]([CH2]CCC)([CH2]CCC)[CH2]CCC)C(=O)OCC. The number of rotatable bonds is 19. The fraction of sp³-hybridized carbons (Fsp3) is 0.733. The summed E-state index contributed by atoms with van der Waals surface area (Å²) in [7, 11) is 0. The van der Waals surface area contributed by atoms with Gasteiger partial charge in [0.25, 0.3) is 0 Å². The number of ether oxygens (including phenoxy) is 2. The molecule has 0 N–H and O–H groups in total. The van der Waals surface area contributed by atoms with E-state index < -0.39 is 24.3 Å². The van der Waals surface area contributed by atoms with E-state index in [1.807, 2.05) is 13.0 Å². The maximum atomic E-state index is 13.3. The van der Waals surface area contributed by atoms with Crippen LogP contribution in [0.5, 0.6) is 0 Å². The zero-order valence-electron chi connectivity index (χ0n) is 23.6. The predicted octanol–water partition coefficient (Wildman–Crippen LogP) is 8.33. The van der Waals surface area contributed by atoms with Crippen LogP contribution in [0.1, 0.15) is 112 Å². The molecule has 0 aromatic carbocycles. The third-order valence-electron chi connectivity index (χ3n) is 6.38. The zero-order valence-corrected chi connectivity index (χ0v) is 26.5. The van der Waals surface area contributed by atoms with E-state index in [0.717, 1.165) is 74.7 Å². The molecule has 0 saturated carbocycles. The minimum absolute atomic E-state index is 0.182. The van der Waals surface area contributed by atoms with Crippen LogP contribution in [0.2, 0.25) is 13.3 Å². The molecule has 0 aromatic rings. The molecule has 0 aliphatic carbocycles. The summed E-state index contributed by atoms with van der Waals surface area (Å²) in [4.78, 5) is 26.0. The first-order valence-corrected chi connectivity index (χ1v) is 21.7. The fourth-order valence-corrected chi connectivity index (χ4v) is 20.3. The van der Waals surface area contributed by atoms with Crippen LogP contribution in [0.25, 0.3) is 0 Å². The Hall–Kier alpha value is -1.22. The van der Waals surface area contributed by atoms with Crippen molar-refractivity contribution in [2.45, 2.75) is 125 Å². The van der Waals surface area contributed by atoms with Gasteiger partial charge < -0.3 is 0 Å². The molecule has 35 heavy (non-hydrogen) atoms. The predicted molar refractivity (Wildman–Crippen MR) is 151 cm³/mol. The quantitative estimate of drug-likeness (QED) is 0.0376. The van der Waals surface area contributed by atoms with Crippen molar-refractivity contribution in [2.75, 3.05) is 13.2 Å². The number of esters is 2. The van der Waals surface area contributed by atoms with Gasteiger partial charge in [0.2, 0.25) is 0 Å².